The molecule has 2 aromatic carbocycles. The first-order valence-electron chi connectivity index (χ1n) is 5.84. The summed E-state index contributed by atoms with van der Waals surface area (Å²) >= 11 is 0. The maximum atomic E-state index is 13.5. The summed E-state index contributed by atoms with van der Waals surface area (Å²) in [5, 5.41) is 0. The SMILES string of the molecule is NCc1cc(C(F)(F)F)ccc1Oc1ccc(F)cc1F. The van der Waals surface area contributed by atoms with E-state index >= 15 is 0 Å². The summed E-state index contributed by atoms with van der Waals surface area (Å²) in [6.07, 6.45) is -4.51. The summed E-state index contributed by atoms with van der Waals surface area (Å²) in [6, 6.07) is 5.31. The van der Waals surface area contributed by atoms with Crippen LogP contribution in [-0.4, -0.2) is 0 Å². The summed E-state index contributed by atoms with van der Waals surface area (Å²) in [4.78, 5) is 0. The first kappa shape index (κ1) is 15.2. The number of ether oxygens (including phenoxy) is 1. The van der Waals surface area contributed by atoms with E-state index in [0.717, 1.165) is 30.3 Å². The zero-order valence-electron chi connectivity index (χ0n) is 10.5. The summed E-state index contributed by atoms with van der Waals surface area (Å²) in [5.41, 5.74) is 4.56. The first-order valence-corrected chi connectivity index (χ1v) is 5.84. The van der Waals surface area contributed by atoms with Gasteiger partial charge in [-0.25, -0.2) is 8.78 Å². The van der Waals surface area contributed by atoms with Crippen molar-refractivity contribution in [3.05, 3.63) is 59.2 Å². The minimum atomic E-state index is -4.51. The van der Waals surface area contributed by atoms with Crippen LogP contribution < -0.4 is 10.5 Å². The van der Waals surface area contributed by atoms with Crippen LogP contribution in [-0.2, 0) is 12.7 Å². The second-order valence-electron chi connectivity index (χ2n) is 4.20. The van der Waals surface area contributed by atoms with Crippen molar-refractivity contribution < 1.29 is 26.7 Å². The van der Waals surface area contributed by atoms with Gasteiger partial charge in [0.25, 0.3) is 0 Å². The minimum Gasteiger partial charge on any atom is -0.454 e. The zero-order chi connectivity index (χ0) is 15.6. The van der Waals surface area contributed by atoms with Gasteiger partial charge in [0, 0.05) is 18.2 Å². The summed E-state index contributed by atoms with van der Waals surface area (Å²) < 4.78 is 69.2. The Morgan fingerprint density at radius 3 is 2.19 bits per heavy atom. The molecule has 0 aliphatic heterocycles. The number of hydrogen-bond donors (Lipinski definition) is 1. The average molecular weight is 303 g/mol. The van der Waals surface area contributed by atoms with Crippen LogP contribution in [0.3, 0.4) is 0 Å². The Balaban J connectivity index is 2.36. The molecule has 7 heteroatoms. The third-order valence-electron chi connectivity index (χ3n) is 2.72. The van der Waals surface area contributed by atoms with Gasteiger partial charge in [-0.15, -0.1) is 0 Å². The highest BCUT2D eigenvalue weighted by atomic mass is 19.4. The maximum absolute atomic E-state index is 13.5. The number of alkyl halides is 3. The zero-order valence-corrected chi connectivity index (χ0v) is 10.5. The van der Waals surface area contributed by atoms with Gasteiger partial charge < -0.3 is 10.5 Å². The second kappa shape index (κ2) is 5.69. The van der Waals surface area contributed by atoms with Crippen molar-refractivity contribution in [1.29, 1.82) is 0 Å². The van der Waals surface area contributed by atoms with Crippen molar-refractivity contribution in [3.63, 3.8) is 0 Å². The Morgan fingerprint density at radius 2 is 1.62 bits per heavy atom. The summed E-state index contributed by atoms with van der Waals surface area (Å²) in [6.45, 7) is -0.220. The molecule has 0 atom stereocenters. The van der Waals surface area contributed by atoms with E-state index in [1.165, 1.54) is 0 Å². The first-order chi connectivity index (χ1) is 9.81. The lowest BCUT2D eigenvalue weighted by atomic mass is 10.1. The van der Waals surface area contributed by atoms with E-state index in [1.54, 1.807) is 0 Å². The van der Waals surface area contributed by atoms with Crippen LogP contribution in [0, 0.1) is 11.6 Å². The monoisotopic (exact) mass is 303 g/mol. The van der Waals surface area contributed by atoms with Gasteiger partial charge in [0.2, 0.25) is 0 Å². The van der Waals surface area contributed by atoms with Crippen LogP contribution in [0.2, 0.25) is 0 Å². The lowest BCUT2D eigenvalue weighted by molar-refractivity contribution is -0.137. The van der Waals surface area contributed by atoms with Crippen molar-refractivity contribution >= 4 is 0 Å². The highest BCUT2D eigenvalue weighted by Crippen LogP contribution is 2.34. The van der Waals surface area contributed by atoms with Gasteiger partial charge in [-0.05, 0) is 30.3 Å². The predicted octanol–water partition coefficient (Wildman–Crippen LogP) is 4.23. The van der Waals surface area contributed by atoms with E-state index in [2.05, 4.69) is 0 Å². The van der Waals surface area contributed by atoms with Gasteiger partial charge in [0.15, 0.2) is 11.6 Å². The average Bonchev–Trinajstić information content (AvgIpc) is 2.41. The fourth-order valence-electron chi connectivity index (χ4n) is 1.69. The molecule has 0 aliphatic rings. The van der Waals surface area contributed by atoms with E-state index in [4.69, 9.17) is 10.5 Å². The molecule has 0 saturated heterocycles. The third kappa shape index (κ3) is 3.49. The molecule has 0 amide bonds. The van der Waals surface area contributed by atoms with Crippen LogP contribution in [0.15, 0.2) is 36.4 Å². The van der Waals surface area contributed by atoms with Crippen LogP contribution in [0.5, 0.6) is 11.5 Å². The number of hydrogen-bond acceptors (Lipinski definition) is 2. The van der Waals surface area contributed by atoms with Gasteiger partial charge in [-0.1, -0.05) is 0 Å². The minimum absolute atomic E-state index is 0.0176. The molecule has 2 N–H and O–H groups in total. The third-order valence-corrected chi connectivity index (χ3v) is 2.72. The van der Waals surface area contributed by atoms with E-state index in [1.807, 2.05) is 0 Å². The van der Waals surface area contributed by atoms with Crippen LogP contribution >= 0.6 is 0 Å². The van der Waals surface area contributed by atoms with Crippen molar-refractivity contribution in [2.24, 2.45) is 5.73 Å². The highest BCUT2D eigenvalue weighted by molar-refractivity contribution is 5.41. The van der Waals surface area contributed by atoms with Crippen LogP contribution in [0.25, 0.3) is 0 Å². The highest BCUT2D eigenvalue weighted by Gasteiger charge is 2.31. The largest absolute Gasteiger partial charge is 0.454 e. The van der Waals surface area contributed by atoms with Gasteiger partial charge in [0.05, 0.1) is 5.56 Å². The molecule has 2 nitrogen and oxygen atoms in total. The molecule has 2 rings (SSSR count). The Kier molecular flexibility index (Phi) is 4.13. The Labute approximate surface area is 116 Å². The van der Waals surface area contributed by atoms with E-state index < -0.39 is 23.4 Å². The topological polar surface area (TPSA) is 35.2 Å². The Hall–Kier alpha value is -2.15. The molecule has 2 aromatic rings. The molecular weight excluding hydrogens is 293 g/mol. The number of rotatable bonds is 3. The second-order valence-corrected chi connectivity index (χ2v) is 4.20. The molecule has 0 heterocycles. The normalized spacial score (nSPS) is 11.5. The van der Waals surface area contributed by atoms with Crippen molar-refractivity contribution in [1.82, 2.24) is 0 Å². The van der Waals surface area contributed by atoms with Gasteiger partial charge in [0.1, 0.15) is 11.6 Å². The lowest BCUT2D eigenvalue weighted by Crippen LogP contribution is -2.08. The van der Waals surface area contributed by atoms with E-state index in [0.29, 0.717) is 6.07 Å². The predicted molar refractivity (Wildman–Crippen MR) is 65.8 cm³/mol. The van der Waals surface area contributed by atoms with Crippen LogP contribution in [0.1, 0.15) is 11.1 Å². The number of benzene rings is 2. The van der Waals surface area contributed by atoms with Gasteiger partial charge in [-0.2, -0.15) is 13.2 Å². The maximum Gasteiger partial charge on any atom is 0.416 e. The fourth-order valence-corrected chi connectivity index (χ4v) is 1.69. The molecule has 0 aliphatic carbocycles. The van der Waals surface area contributed by atoms with Crippen molar-refractivity contribution in [2.75, 3.05) is 0 Å². The molecular formula is C14H10F5NO. The fraction of sp³-hybridized carbons (Fsp3) is 0.143. The molecule has 0 fully saturated rings. The lowest BCUT2D eigenvalue weighted by Gasteiger charge is -2.13. The molecule has 21 heavy (non-hydrogen) atoms. The molecule has 0 spiro atoms. The number of nitrogens with two attached hydrogens (primary N) is 1. The summed E-state index contributed by atoms with van der Waals surface area (Å²) in [5.74, 6) is -2.06. The van der Waals surface area contributed by atoms with Gasteiger partial charge in [-0.3, -0.25) is 0 Å². The molecule has 112 valence electrons. The Morgan fingerprint density at radius 1 is 0.952 bits per heavy atom. The Bertz CT molecular complexity index is 654. The molecule has 0 aromatic heterocycles. The number of halogens is 5. The standard InChI is InChI=1S/C14H10F5NO/c15-10-2-4-13(11(16)6-10)21-12-3-1-9(14(17,18)19)5-8(12)7-20/h1-6H,7,20H2. The van der Waals surface area contributed by atoms with E-state index in [9.17, 15) is 22.0 Å². The molecule has 0 radical (unpaired) electrons. The van der Waals surface area contributed by atoms with Crippen molar-refractivity contribution in [2.45, 2.75) is 12.7 Å². The molecule has 0 bridgehead atoms. The smallest absolute Gasteiger partial charge is 0.416 e. The summed E-state index contributed by atoms with van der Waals surface area (Å²) in [7, 11) is 0. The van der Waals surface area contributed by atoms with E-state index in [-0.39, 0.29) is 23.6 Å². The molecule has 0 saturated carbocycles. The molecule has 0 unspecified atom stereocenters. The van der Waals surface area contributed by atoms with Crippen molar-refractivity contribution in [3.8, 4) is 11.5 Å². The van der Waals surface area contributed by atoms with Crippen LogP contribution in [0.4, 0.5) is 22.0 Å². The quantitative estimate of drug-likeness (QED) is 0.861. The van der Waals surface area contributed by atoms with Gasteiger partial charge >= 0.3 is 6.18 Å².